The number of rotatable bonds is 6. The first-order valence-electron chi connectivity index (χ1n) is 7.26. The SMILES string of the molecule is CCOC(=O)c1cc2cc(F)c(NCCOC)nc2nc1C(F)(F)F. The molecule has 2 heterocycles. The van der Waals surface area contributed by atoms with Crippen molar-refractivity contribution in [3.8, 4) is 0 Å². The lowest BCUT2D eigenvalue weighted by Crippen LogP contribution is -2.18. The number of esters is 1. The number of pyridine rings is 2. The molecule has 0 unspecified atom stereocenters. The van der Waals surface area contributed by atoms with E-state index in [-0.39, 0.29) is 36.6 Å². The Balaban J connectivity index is 2.56. The second-order valence-corrected chi connectivity index (χ2v) is 4.89. The Morgan fingerprint density at radius 1 is 1.28 bits per heavy atom. The van der Waals surface area contributed by atoms with E-state index in [4.69, 9.17) is 4.74 Å². The molecule has 0 aliphatic rings. The molecule has 1 N–H and O–H groups in total. The van der Waals surface area contributed by atoms with E-state index in [1.807, 2.05) is 0 Å². The Hall–Kier alpha value is -2.49. The maximum absolute atomic E-state index is 14.0. The molecular formula is C15H15F4N3O3. The van der Waals surface area contributed by atoms with Crippen molar-refractivity contribution in [3.63, 3.8) is 0 Å². The van der Waals surface area contributed by atoms with Gasteiger partial charge >= 0.3 is 12.1 Å². The number of nitrogens with one attached hydrogen (secondary N) is 1. The molecule has 0 saturated heterocycles. The van der Waals surface area contributed by atoms with Crippen molar-refractivity contribution >= 4 is 22.8 Å². The molecule has 2 aromatic rings. The molecule has 25 heavy (non-hydrogen) atoms. The van der Waals surface area contributed by atoms with Crippen LogP contribution in [-0.2, 0) is 15.7 Å². The van der Waals surface area contributed by atoms with Crippen molar-refractivity contribution in [2.75, 3.05) is 32.2 Å². The average Bonchev–Trinajstić information content (AvgIpc) is 2.53. The molecule has 0 spiro atoms. The average molecular weight is 361 g/mol. The van der Waals surface area contributed by atoms with Gasteiger partial charge in [-0.05, 0) is 19.1 Å². The fourth-order valence-corrected chi connectivity index (χ4v) is 2.06. The number of methoxy groups -OCH3 is 1. The molecular weight excluding hydrogens is 346 g/mol. The minimum atomic E-state index is -4.89. The Morgan fingerprint density at radius 2 is 2.00 bits per heavy atom. The van der Waals surface area contributed by atoms with E-state index in [1.165, 1.54) is 14.0 Å². The molecule has 0 amide bonds. The van der Waals surface area contributed by atoms with Crippen molar-refractivity contribution in [3.05, 3.63) is 29.2 Å². The first kappa shape index (κ1) is 18.8. The summed E-state index contributed by atoms with van der Waals surface area (Å²) in [6.45, 7) is 1.81. The van der Waals surface area contributed by atoms with Gasteiger partial charge in [-0.1, -0.05) is 0 Å². The first-order valence-corrected chi connectivity index (χ1v) is 7.26. The maximum atomic E-state index is 14.0. The third-order valence-electron chi connectivity index (χ3n) is 3.12. The van der Waals surface area contributed by atoms with Crippen molar-refractivity contribution in [2.24, 2.45) is 0 Å². The van der Waals surface area contributed by atoms with Gasteiger partial charge in [-0.15, -0.1) is 0 Å². The zero-order chi connectivity index (χ0) is 18.6. The number of carbonyl (C=O) groups is 1. The molecule has 2 aromatic heterocycles. The van der Waals surface area contributed by atoms with Crippen LogP contribution in [0.1, 0.15) is 23.0 Å². The van der Waals surface area contributed by atoms with Crippen LogP contribution in [0.4, 0.5) is 23.4 Å². The van der Waals surface area contributed by atoms with Crippen molar-refractivity contribution in [1.82, 2.24) is 9.97 Å². The van der Waals surface area contributed by atoms with Crippen LogP contribution in [0.25, 0.3) is 11.0 Å². The highest BCUT2D eigenvalue weighted by Gasteiger charge is 2.38. The van der Waals surface area contributed by atoms with E-state index >= 15 is 0 Å². The molecule has 6 nitrogen and oxygen atoms in total. The molecule has 0 fully saturated rings. The number of nitrogens with zero attached hydrogens (tertiary/aromatic N) is 2. The van der Waals surface area contributed by atoms with Crippen LogP contribution in [0, 0.1) is 5.82 Å². The van der Waals surface area contributed by atoms with Crippen LogP contribution in [-0.4, -0.2) is 42.8 Å². The highest BCUT2D eigenvalue weighted by atomic mass is 19.4. The molecule has 10 heteroatoms. The summed E-state index contributed by atoms with van der Waals surface area (Å²) in [5, 5.41) is 2.55. The lowest BCUT2D eigenvalue weighted by Gasteiger charge is -2.13. The number of fused-ring (bicyclic) bond motifs is 1. The lowest BCUT2D eigenvalue weighted by atomic mass is 10.1. The number of anilines is 1. The Kier molecular flexibility index (Phi) is 5.73. The molecule has 0 aliphatic carbocycles. The number of ether oxygens (including phenoxy) is 2. The maximum Gasteiger partial charge on any atom is 0.434 e. The second kappa shape index (κ2) is 7.60. The van der Waals surface area contributed by atoms with E-state index in [0.717, 1.165) is 12.1 Å². The highest BCUT2D eigenvalue weighted by Crippen LogP contribution is 2.33. The third-order valence-corrected chi connectivity index (χ3v) is 3.12. The number of aromatic nitrogens is 2. The second-order valence-electron chi connectivity index (χ2n) is 4.89. The number of alkyl halides is 3. The summed E-state index contributed by atoms with van der Waals surface area (Å²) in [6.07, 6.45) is -4.89. The quantitative estimate of drug-likeness (QED) is 0.484. The van der Waals surface area contributed by atoms with Gasteiger partial charge in [-0.2, -0.15) is 13.2 Å². The molecule has 0 aliphatic heterocycles. The smallest absolute Gasteiger partial charge is 0.434 e. The predicted octanol–water partition coefficient (Wildman–Crippen LogP) is 3.02. The van der Waals surface area contributed by atoms with Gasteiger partial charge in [0.05, 0.1) is 18.8 Å². The van der Waals surface area contributed by atoms with Gasteiger partial charge in [-0.3, -0.25) is 0 Å². The van der Waals surface area contributed by atoms with Gasteiger partial charge in [0.25, 0.3) is 0 Å². The lowest BCUT2D eigenvalue weighted by molar-refractivity contribution is -0.141. The minimum Gasteiger partial charge on any atom is -0.462 e. The summed E-state index contributed by atoms with van der Waals surface area (Å²) in [4.78, 5) is 18.9. The Labute approximate surface area is 140 Å². The number of hydrogen-bond donors (Lipinski definition) is 1. The van der Waals surface area contributed by atoms with Gasteiger partial charge in [0, 0.05) is 19.0 Å². The molecule has 0 radical (unpaired) electrons. The summed E-state index contributed by atoms with van der Waals surface area (Å²) in [7, 11) is 1.44. The molecule has 136 valence electrons. The van der Waals surface area contributed by atoms with E-state index < -0.39 is 29.2 Å². The van der Waals surface area contributed by atoms with E-state index in [0.29, 0.717) is 0 Å². The predicted molar refractivity (Wildman–Crippen MR) is 80.8 cm³/mol. The van der Waals surface area contributed by atoms with Gasteiger partial charge in [0.1, 0.15) is 0 Å². The summed E-state index contributed by atoms with van der Waals surface area (Å²) >= 11 is 0. The molecule has 0 aromatic carbocycles. The van der Waals surface area contributed by atoms with E-state index in [1.54, 1.807) is 0 Å². The minimum absolute atomic E-state index is 0.0501. The Morgan fingerprint density at radius 3 is 2.60 bits per heavy atom. The summed E-state index contributed by atoms with van der Waals surface area (Å²) in [6, 6.07) is 1.82. The molecule has 0 bridgehead atoms. The summed E-state index contributed by atoms with van der Waals surface area (Å²) < 4.78 is 63.0. The normalized spacial score (nSPS) is 11.6. The van der Waals surface area contributed by atoms with Gasteiger partial charge in [-0.25, -0.2) is 19.2 Å². The highest BCUT2D eigenvalue weighted by molar-refractivity contribution is 5.95. The number of halogens is 4. The topological polar surface area (TPSA) is 73.3 Å². The van der Waals surface area contributed by atoms with Crippen LogP contribution >= 0.6 is 0 Å². The van der Waals surface area contributed by atoms with Gasteiger partial charge in [0.15, 0.2) is 23.0 Å². The van der Waals surface area contributed by atoms with Crippen LogP contribution in [0.15, 0.2) is 12.1 Å². The van der Waals surface area contributed by atoms with Gasteiger partial charge in [0.2, 0.25) is 0 Å². The number of hydrogen-bond acceptors (Lipinski definition) is 6. The largest absolute Gasteiger partial charge is 0.462 e. The van der Waals surface area contributed by atoms with Gasteiger partial charge < -0.3 is 14.8 Å². The zero-order valence-corrected chi connectivity index (χ0v) is 13.4. The molecule has 0 saturated carbocycles. The van der Waals surface area contributed by atoms with Crippen molar-refractivity contribution in [2.45, 2.75) is 13.1 Å². The monoisotopic (exact) mass is 361 g/mol. The van der Waals surface area contributed by atoms with Crippen LogP contribution < -0.4 is 5.32 Å². The van der Waals surface area contributed by atoms with E-state index in [9.17, 15) is 22.4 Å². The molecule has 0 atom stereocenters. The van der Waals surface area contributed by atoms with Crippen molar-refractivity contribution in [1.29, 1.82) is 0 Å². The third kappa shape index (κ3) is 4.32. The van der Waals surface area contributed by atoms with Crippen LogP contribution in [0.5, 0.6) is 0 Å². The van der Waals surface area contributed by atoms with E-state index in [2.05, 4.69) is 20.0 Å². The van der Waals surface area contributed by atoms with Crippen LogP contribution in [0.2, 0.25) is 0 Å². The number of carbonyl (C=O) groups excluding carboxylic acids is 1. The Bertz CT molecular complexity index is 781. The standard InChI is InChI=1S/C15H15F4N3O3/c1-3-25-14(23)9-6-8-7-10(16)13(20-4-5-24-2)22-12(8)21-11(9)15(17,18)19/h6-7H,3-5H2,1-2H3,(H,20,21,22). The fourth-order valence-electron chi connectivity index (χ4n) is 2.06. The van der Waals surface area contributed by atoms with Crippen molar-refractivity contribution < 1.29 is 31.8 Å². The van der Waals surface area contributed by atoms with Crippen LogP contribution in [0.3, 0.4) is 0 Å². The molecule has 2 rings (SSSR count). The summed E-state index contributed by atoms with van der Waals surface area (Å²) in [5.41, 5.74) is -2.56. The summed E-state index contributed by atoms with van der Waals surface area (Å²) in [5.74, 6) is -2.24. The fraction of sp³-hybridized carbons (Fsp3) is 0.400. The zero-order valence-electron chi connectivity index (χ0n) is 13.4. The first-order chi connectivity index (χ1) is 11.8.